The molecule has 1 aromatic carbocycles. The molecule has 1 aromatic heterocycles. The zero-order chi connectivity index (χ0) is 18.0. The summed E-state index contributed by atoms with van der Waals surface area (Å²) in [7, 11) is 1.55. The highest BCUT2D eigenvalue weighted by atomic mass is 19.4. The average molecular weight is 352 g/mol. The monoisotopic (exact) mass is 352 g/mol. The molecule has 0 unspecified atom stereocenters. The standard InChI is InChI=1S/C17H15F3N2O3/c1-24-13-5-2-11(3-6-13)16(23)22-9-14(10-22)25-15-7-4-12(8-21-15)17(18,19)20/h2-8,14H,9-10H2,1H3. The highest BCUT2D eigenvalue weighted by Crippen LogP contribution is 2.29. The fourth-order valence-electron chi connectivity index (χ4n) is 2.38. The highest BCUT2D eigenvalue weighted by Gasteiger charge is 2.34. The number of amides is 1. The van der Waals surface area contributed by atoms with E-state index in [0.29, 0.717) is 24.4 Å². The van der Waals surface area contributed by atoms with E-state index in [1.807, 2.05) is 0 Å². The Morgan fingerprint density at radius 1 is 1.16 bits per heavy atom. The number of rotatable bonds is 4. The minimum atomic E-state index is -4.43. The van der Waals surface area contributed by atoms with Crippen molar-refractivity contribution in [3.63, 3.8) is 0 Å². The van der Waals surface area contributed by atoms with Crippen LogP contribution in [0.15, 0.2) is 42.6 Å². The Labute approximate surface area is 142 Å². The number of nitrogens with zero attached hydrogens (tertiary/aromatic N) is 2. The number of pyridine rings is 1. The van der Waals surface area contributed by atoms with Gasteiger partial charge in [0, 0.05) is 17.8 Å². The SMILES string of the molecule is COc1ccc(C(=O)N2CC(Oc3ccc(C(F)(F)F)cn3)C2)cc1. The molecular formula is C17H15F3N2O3. The van der Waals surface area contributed by atoms with Gasteiger partial charge in [-0.3, -0.25) is 4.79 Å². The summed E-state index contributed by atoms with van der Waals surface area (Å²) in [5.41, 5.74) is -0.295. The van der Waals surface area contributed by atoms with Gasteiger partial charge in [-0.25, -0.2) is 4.98 Å². The maximum atomic E-state index is 12.5. The van der Waals surface area contributed by atoms with Gasteiger partial charge < -0.3 is 14.4 Å². The molecular weight excluding hydrogens is 337 g/mol. The summed E-state index contributed by atoms with van der Waals surface area (Å²) >= 11 is 0. The van der Waals surface area contributed by atoms with Gasteiger partial charge in [-0.1, -0.05) is 0 Å². The van der Waals surface area contributed by atoms with Crippen molar-refractivity contribution in [2.24, 2.45) is 0 Å². The Morgan fingerprint density at radius 3 is 2.36 bits per heavy atom. The number of carbonyl (C=O) groups is 1. The van der Waals surface area contributed by atoms with Crippen molar-refractivity contribution in [2.45, 2.75) is 12.3 Å². The summed E-state index contributed by atoms with van der Waals surface area (Å²) in [5.74, 6) is 0.632. The van der Waals surface area contributed by atoms with E-state index in [1.165, 1.54) is 6.07 Å². The maximum absolute atomic E-state index is 12.5. The lowest BCUT2D eigenvalue weighted by Gasteiger charge is -2.38. The first-order valence-corrected chi connectivity index (χ1v) is 7.50. The van der Waals surface area contributed by atoms with Gasteiger partial charge in [0.25, 0.3) is 5.91 Å². The topological polar surface area (TPSA) is 51.7 Å². The first kappa shape index (κ1) is 17.1. The summed E-state index contributed by atoms with van der Waals surface area (Å²) in [6.45, 7) is 0.709. The van der Waals surface area contributed by atoms with Crippen molar-refractivity contribution >= 4 is 5.91 Å². The van der Waals surface area contributed by atoms with E-state index in [4.69, 9.17) is 9.47 Å². The lowest BCUT2D eigenvalue weighted by molar-refractivity contribution is -0.137. The molecule has 1 aliphatic heterocycles. The predicted molar refractivity (Wildman–Crippen MR) is 82.6 cm³/mol. The van der Waals surface area contributed by atoms with Gasteiger partial charge in [-0.2, -0.15) is 13.2 Å². The van der Waals surface area contributed by atoms with Gasteiger partial charge in [-0.15, -0.1) is 0 Å². The van der Waals surface area contributed by atoms with Gasteiger partial charge in [-0.05, 0) is 30.3 Å². The molecule has 0 aliphatic carbocycles. The summed E-state index contributed by atoms with van der Waals surface area (Å²) in [5, 5.41) is 0. The Bertz CT molecular complexity index is 739. The Balaban J connectivity index is 1.53. The molecule has 3 rings (SSSR count). The van der Waals surface area contributed by atoms with Crippen LogP contribution in [0.1, 0.15) is 15.9 Å². The molecule has 0 atom stereocenters. The van der Waals surface area contributed by atoms with Crippen LogP contribution in [0.4, 0.5) is 13.2 Å². The molecule has 1 amide bonds. The molecule has 1 fully saturated rings. The number of likely N-dealkylation sites (tertiary alicyclic amines) is 1. The number of halogens is 3. The van der Waals surface area contributed by atoms with E-state index in [9.17, 15) is 18.0 Å². The predicted octanol–water partition coefficient (Wildman–Crippen LogP) is 3.01. The van der Waals surface area contributed by atoms with E-state index in [0.717, 1.165) is 12.3 Å². The maximum Gasteiger partial charge on any atom is 0.417 e. The molecule has 8 heteroatoms. The number of methoxy groups -OCH3 is 1. The number of aromatic nitrogens is 1. The molecule has 0 spiro atoms. The minimum Gasteiger partial charge on any atom is -0.497 e. The molecule has 0 N–H and O–H groups in total. The summed E-state index contributed by atoms with van der Waals surface area (Å²) in [4.78, 5) is 17.5. The lowest BCUT2D eigenvalue weighted by Crippen LogP contribution is -2.56. The van der Waals surface area contributed by atoms with Crippen LogP contribution in [0.3, 0.4) is 0 Å². The number of hydrogen-bond acceptors (Lipinski definition) is 4. The number of alkyl halides is 3. The van der Waals surface area contributed by atoms with Crippen LogP contribution in [0.25, 0.3) is 0 Å². The molecule has 2 heterocycles. The van der Waals surface area contributed by atoms with Crippen molar-refractivity contribution in [3.05, 3.63) is 53.7 Å². The molecule has 1 aliphatic rings. The molecule has 0 bridgehead atoms. The van der Waals surface area contributed by atoms with Crippen LogP contribution < -0.4 is 9.47 Å². The normalized spacial score (nSPS) is 14.8. The van der Waals surface area contributed by atoms with Crippen molar-refractivity contribution in [3.8, 4) is 11.6 Å². The van der Waals surface area contributed by atoms with Crippen LogP contribution in [-0.2, 0) is 6.18 Å². The minimum absolute atomic E-state index is 0.106. The van der Waals surface area contributed by atoms with E-state index < -0.39 is 11.7 Å². The van der Waals surface area contributed by atoms with Crippen molar-refractivity contribution in [1.82, 2.24) is 9.88 Å². The Morgan fingerprint density at radius 2 is 1.84 bits per heavy atom. The van der Waals surface area contributed by atoms with Gasteiger partial charge in [0.1, 0.15) is 11.9 Å². The number of benzene rings is 1. The van der Waals surface area contributed by atoms with Crippen LogP contribution in [0, 0.1) is 0 Å². The first-order valence-electron chi connectivity index (χ1n) is 7.50. The number of hydrogen-bond donors (Lipinski definition) is 0. The van der Waals surface area contributed by atoms with E-state index in [-0.39, 0.29) is 17.9 Å². The smallest absolute Gasteiger partial charge is 0.417 e. The van der Waals surface area contributed by atoms with Gasteiger partial charge in [0.2, 0.25) is 5.88 Å². The number of carbonyl (C=O) groups excluding carboxylic acids is 1. The molecule has 2 aromatic rings. The average Bonchev–Trinajstić information content (AvgIpc) is 2.57. The molecule has 0 radical (unpaired) electrons. The van der Waals surface area contributed by atoms with Crippen molar-refractivity contribution < 1.29 is 27.4 Å². The van der Waals surface area contributed by atoms with Gasteiger partial charge >= 0.3 is 6.18 Å². The van der Waals surface area contributed by atoms with Gasteiger partial charge in [0.15, 0.2) is 0 Å². The molecule has 5 nitrogen and oxygen atoms in total. The Kier molecular flexibility index (Phi) is 4.52. The summed E-state index contributed by atoms with van der Waals surface area (Å²) in [6.07, 6.45) is -3.98. The zero-order valence-electron chi connectivity index (χ0n) is 13.3. The second-order valence-corrected chi connectivity index (χ2v) is 5.56. The van der Waals surface area contributed by atoms with E-state index in [1.54, 1.807) is 36.3 Å². The third-order valence-corrected chi connectivity index (χ3v) is 3.82. The fourth-order valence-corrected chi connectivity index (χ4v) is 2.38. The third kappa shape index (κ3) is 3.84. The number of ether oxygens (including phenoxy) is 2. The van der Waals surface area contributed by atoms with Crippen LogP contribution in [0.2, 0.25) is 0 Å². The van der Waals surface area contributed by atoms with E-state index in [2.05, 4.69) is 4.98 Å². The molecule has 25 heavy (non-hydrogen) atoms. The van der Waals surface area contributed by atoms with E-state index >= 15 is 0 Å². The molecule has 132 valence electrons. The van der Waals surface area contributed by atoms with Crippen LogP contribution in [-0.4, -0.2) is 42.1 Å². The molecule has 1 saturated heterocycles. The van der Waals surface area contributed by atoms with Gasteiger partial charge in [0.05, 0.1) is 25.8 Å². The Hall–Kier alpha value is -2.77. The highest BCUT2D eigenvalue weighted by molar-refractivity contribution is 5.94. The van der Waals surface area contributed by atoms with Crippen LogP contribution >= 0.6 is 0 Å². The second kappa shape index (κ2) is 6.62. The van der Waals surface area contributed by atoms with Crippen molar-refractivity contribution in [2.75, 3.05) is 20.2 Å². The zero-order valence-corrected chi connectivity index (χ0v) is 13.3. The van der Waals surface area contributed by atoms with Crippen molar-refractivity contribution in [1.29, 1.82) is 0 Å². The summed E-state index contributed by atoms with van der Waals surface area (Å²) in [6, 6.07) is 8.85. The second-order valence-electron chi connectivity index (χ2n) is 5.56. The molecule has 0 saturated carbocycles. The largest absolute Gasteiger partial charge is 0.497 e. The lowest BCUT2D eigenvalue weighted by atomic mass is 10.1. The quantitative estimate of drug-likeness (QED) is 0.849. The fraction of sp³-hybridized carbons (Fsp3) is 0.294. The van der Waals surface area contributed by atoms with Crippen LogP contribution in [0.5, 0.6) is 11.6 Å². The third-order valence-electron chi connectivity index (χ3n) is 3.82. The first-order chi connectivity index (χ1) is 11.9. The summed E-state index contributed by atoms with van der Waals surface area (Å²) < 4.78 is 47.9.